The summed E-state index contributed by atoms with van der Waals surface area (Å²) in [4.78, 5) is 8.46. The van der Waals surface area contributed by atoms with Gasteiger partial charge in [0.15, 0.2) is 11.5 Å². The van der Waals surface area contributed by atoms with E-state index >= 15 is 0 Å². The molecule has 6 nitrogen and oxygen atoms in total. The average Bonchev–Trinajstić information content (AvgIpc) is 2.95. The molecule has 0 aliphatic heterocycles. The topological polar surface area (TPSA) is 81.7 Å². The molecule has 0 fully saturated rings. The number of anilines is 3. The molecule has 0 aliphatic carbocycles. The summed E-state index contributed by atoms with van der Waals surface area (Å²) in [5.74, 6) is 0.986. The Bertz CT molecular complexity index is 1030. The molecule has 2 aromatic carbocycles. The second-order valence-electron chi connectivity index (χ2n) is 5.58. The van der Waals surface area contributed by atoms with Gasteiger partial charge in [-0.15, -0.1) is 0 Å². The van der Waals surface area contributed by atoms with Crippen LogP contribution in [0.4, 0.5) is 17.3 Å². The molecule has 0 bridgehead atoms. The predicted octanol–water partition coefficient (Wildman–Crippen LogP) is 3.85. The van der Waals surface area contributed by atoms with Crippen molar-refractivity contribution in [3.63, 3.8) is 0 Å². The number of nitrogen functional groups attached to an aromatic ring is 1. The van der Waals surface area contributed by atoms with Crippen LogP contribution >= 0.6 is 11.6 Å². The maximum atomic E-state index is 6.08. The van der Waals surface area contributed by atoms with Crippen molar-refractivity contribution in [1.29, 1.82) is 0 Å². The Balaban J connectivity index is 1.79. The zero-order valence-electron chi connectivity index (χ0n) is 13.2. The van der Waals surface area contributed by atoms with E-state index in [9.17, 15) is 0 Å². The molecule has 124 valence electrons. The molecule has 0 atom stereocenters. The molecule has 4 aromatic rings. The second-order valence-corrected chi connectivity index (χ2v) is 6.02. The summed E-state index contributed by atoms with van der Waals surface area (Å²) in [6, 6.07) is 17.5. The fourth-order valence-corrected chi connectivity index (χ4v) is 2.88. The zero-order chi connectivity index (χ0) is 17.2. The highest BCUT2D eigenvalue weighted by Crippen LogP contribution is 2.29. The first kappa shape index (κ1) is 15.4. The van der Waals surface area contributed by atoms with Crippen LogP contribution in [0.3, 0.4) is 0 Å². The maximum Gasteiger partial charge on any atom is 0.165 e. The Morgan fingerprint density at radius 3 is 2.68 bits per heavy atom. The summed E-state index contributed by atoms with van der Waals surface area (Å²) >= 11 is 6.06. The lowest BCUT2D eigenvalue weighted by Gasteiger charge is -2.04. The van der Waals surface area contributed by atoms with Gasteiger partial charge < -0.3 is 11.1 Å². The van der Waals surface area contributed by atoms with Gasteiger partial charge in [-0.2, -0.15) is 5.10 Å². The molecule has 0 unspecified atom stereocenters. The summed E-state index contributed by atoms with van der Waals surface area (Å²) in [6.45, 7) is 0.588. The lowest BCUT2D eigenvalue weighted by molar-refractivity contribution is 0.707. The van der Waals surface area contributed by atoms with Crippen molar-refractivity contribution in [3.8, 4) is 0 Å². The van der Waals surface area contributed by atoms with E-state index in [4.69, 9.17) is 17.3 Å². The number of fused-ring (bicyclic) bond motifs is 1. The number of rotatable bonds is 4. The van der Waals surface area contributed by atoms with Gasteiger partial charge in [0.05, 0.1) is 6.54 Å². The predicted molar refractivity (Wildman–Crippen MR) is 100 cm³/mol. The molecular weight excluding hydrogens is 336 g/mol. The van der Waals surface area contributed by atoms with Crippen LogP contribution in [0, 0.1) is 0 Å². The van der Waals surface area contributed by atoms with Crippen molar-refractivity contribution in [2.75, 3.05) is 11.1 Å². The third kappa shape index (κ3) is 3.12. The van der Waals surface area contributed by atoms with Crippen LogP contribution in [0.2, 0.25) is 5.02 Å². The van der Waals surface area contributed by atoms with Gasteiger partial charge in [-0.3, -0.25) is 0 Å². The highest BCUT2D eigenvalue weighted by atomic mass is 35.5. The van der Waals surface area contributed by atoms with Crippen LogP contribution in [0.5, 0.6) is 0 Å². The van der Waals surface area contributed by atoms with Crippen molar-refractivity contribution >= 4 is 40.0 Å². The molecule has 0 spiro atoms. The molecule has 0 saturated carbocycles. The Kier molecular flexibility index (Phi) is 3.95. The third-order valence-electron chi connectivity index (χ3n) is 3.82. The number of benzene rings is 2. The summed E-state index contributed by atoms with van der Waals surface area (Å²) < 4.78 is 1.82. The average molecular weight is 351 g/mol. The van der Waals surface area contributed by atoms with E-state index < -0.39 is 0 Å². The summed E-state index contributed by atoms with van der Waals surface area (Å²) in [5.41, 5.74) is 8.70. The largest absolute Gasteiger partial charge is 0.383 e. The molecule has 2 aromatic heterocycles. The van der Waals surface area contributed by atoms with Crippen molar-refractivity contribution in [3.05, 3.63) is 71.5 Å². The zero-order valence-corrected chi connectivity index (χ0v) is 14.0. The van der Waals surface area contributed by atoms with Gasteiger partial charge in [-0.1, -0.05) is 48.0 Å². The minimum Gasteiger partial charge on any atom is -0.383 e. The van der Waals surface area contributed by atoms with E-state index in [1.165, 1.54) is 6.33 Å². The van der Waals surface area contributed by atoms with Crippen LogP contribution < -0.4 is 11.1 Å². The van der Waals surface area contributed by atoms with Gasteiger partial charge in [0.2, 0.25) is 0 Å². The summed E-state index contributed by atoms with van der Waals surface area (Å²) in [7, 11) is 0. The van der Waals surface area contributed by atoms with Crippen LogP contribution in [0.15, 0.2) is 60.9 Å². The van der Waals surface area contributed by atoms with E-state index in [1.807, 2.05) is 59.3 Å². The Labute approximate surface area is 149 Å². The fourth-order valence-electron chi connectivity index (χ4n) is 2.69. The Morgan fingerprint density at radius 2 is 1.88 bits per heavy atom. The van der Waals surface area contributed by atoms with Gasteiger partial charge in [0, 0.05) is 10.7 Å². The fraction of sp³-hybridized carbons (Fsp3) is 0.0556. The standard InChI is InChI=1S/C18H15ClN6/c19-13-7-4-8-14(9-13)23-17-15-16(20)21-11-22-18(15)25(24-17)10-12-5-2-1-3-6-12/h1-9,11H,10H2,(H,23,24)(H2,20,21,22). The number of nitrogens with two attached hydrogens (primary N) is 1. The van der Waals surface area contributed by atoms with E-state index in [2.05, 4.69) is 20.4 Å². The van der Waals surface area contributed by atoms with E-state index in [0.717, 1.165) is 11.3 Å². The number of halogens is 1. The highest BCUT2D eigenvalue weighted by Gasteiger charge is 2.16. The number of nitrogens with one attached hydrogen (secondary N) is 1. The molecule has 0 saturated heterocycles. The molecule has 0 amide bonds. The van der Waals surface area contributed by atoms with Gasteiger partial charge >= 0.3 is 0 Å². The Hall–Kier alpha value is -3.12. The molecule has 2 heterocycles. The molecule has 3 N–H and O–H groups in total. The quantitative estimate of drug-likeness (QED) is 0.584. The van der Waals surface area contributed by atoms with Crippen molar-refractivity contribution in [2.24, 2.45) is 0 Å². The molecule has 25 heavy (non-hydrogen) atoms. The van der Waals surface area contributed by atoms with Gasteiger partial charge in [0.25, 0.3) is 0 Å². The molecular formula is C18H15ClN6. The smallest absolute Gasteiger partial charge is 0.165 e. The van der Waals surface area contributed by atoms with E-state index in [0.29, 0.717) is 34.2 Å². The van der Waals surface area contributed by atoms with Crippen molar-refractivity contribution in [2.45, 2.75) is 6.54 Å². The second kappa shape index (κ2) is 6.41. The number of aromatic nitrogens is 4. The lowest BCUT2D eigenvalue weighted by Crippen LogP contribution is -2.03. The maximum absolute atomic E-state index is 6.08. The van der Waals surface area contributed by atoms with Crippen LogP contribution in [-0.2, 0) is 6.54 Å². The first-order valence-corrected chi connectivity index (χ1v) is 8.12. The molecule has 7 heteroatoms. The summed E-state index contributed by atoms with van der Waals surface area (Å²) in [6.07, 6.45) is 1.45. The number of nitrogens with zero attached hydrogens (tertiary/aromatic N) is 4. The number of hydrogen-bond acceptors (Lipinski definition) is 5. The molecule has 0 radical (unpaired) electrons. The SMILES string of the molecule is Nc1ncnc2c1c(Nc1cccc(Cl)c1)nn2Cc1ccccc1. The Morgan fingerprint density at radius 1 is 1.04 bits per heavy atom. The monoisotopic (exact) mass is 350 g/mol. The van der Waals surface area contributed by atoms with Gasteiger partial charge in [-0.05, 0) is 23.8 Å². The minimum atomic E-state index is 0.383. The normalized spacial score (nSPS) is 10.9. The van der Waals surface area contributed by atoms with Crippen LogP contribution in [-0.4, -0.2) is 19.7 Å². The minimum absolute atomic E-state index is 0.383. The third-order valence-corrected chi connectivity index (χ3v) is 4.06. The van der Waals surface area contributed by atoms with E-state index in [-0.39, 0.29) is 0 Å². The molecule has 0 aliphatic rings. The van der Waals surface area contributed by atoms with Gasteiger partial charge in [0.1, 0.15) is 17.5 Å². The first-order valence-electron chi connectivity index (χ1n) is 7.74. The van der Waals surface area contributed by atoms with Crippen molar-refractivity contribution < 1.29 is 0 Å². The van der Waals surface area contributed by atoms with E-state index in [1.54, 1.807) is 0 Å². The summed E-state index contributed by atoms with van der Waals surface area (Å²) in [5, 5.41) is 9.24. The van der Waals surface area contributed by atoms with Gasteiger partial charge in [-0.25, -0.2) is 14.6 Å². The van der Waals surface area contributed by atoms with Crippen molar-refractivity contribution in [1.82, 2.24) is 19.7 Å². The van der Waals surface area contributed by atoms with Crippen LogP contribution in [0.25, 0.3) is 11.0 Å². The number of hydrogen-bond donors (Lipinski definition) is 2. The first-order chi connectivity index (χ1) is 12.2. The van der Waals surface area contributed by atoms with Crippen LogP contribution in [0.1, 0.15) is 5.56 Å². The lowest BCUT2D eigenvalue weighted by atomic mass is 10.2. The highest BCUT2D eigenvalue weighted by molar-refractivity contribution is 6.30. The molecule has 4 rings (SSSR count).